The minimum absolute atomic E-state index is 0.272. The Balaban J connectivity index is 1.74. The molecule has 0 aromatic heterocycles. The van der Waals surface area contributed by atoms with Gasteiger partial charge in [0.05, 0.1) is 12.5 Å². The van der Waals surface area contributed by atoms with Crippen LogP contribution < -0.4 is 0 Å². The van der Waals surface area contributed by atoms with Crippen molar-refractivity contribution in [1.29, 1.82) is 0 Å². The van der Waals surface area contributed by atoms with Crippen LogP contribution in [0.15, 0.2) is 0 Å². The monoisotopic (exact) mass is 272 g/mol. The third-order valence-electron chi connectivity index (χ3n) is 3.69. The zero-order valence-electron chi connectivity index (χ0n) is 11.6. The van der Waals surface area contributed by atoms with E-state index < -0.39 is 23.8 Å². The highest BCUT2D eigenvalue weighted by Gasteiger charge is 2.58. The number of carbonyl (C=O) groups excluding carboxylic acids is 1. The van der Waals surface area contributed by atoms with Crippen LogP contribution in [0.1, 0.15) is 27.7 Å². The first-order valence-electron chi connectivity index (χ1n) is 6.59. The number of hydrogen-bond acceptors (Lipinski definition) is 6. The van der Waals surface area contributed by atoms with Crippen LogP contribution in [-0.4, -0.2) is 49.1 Å². The number of hydrogen-bond donors (Lipinski definition) is 0. The van der Waals surface area contributed by atoms with Crippen LogP contribution in [0.3, 0.4) is 0 Å². The third-order valence-corrected chi connectivity index (χ3v) is 3.69. The van der Waals surface area contributed by atoms with Crippen molar-refractivity contribution in [3.63, 3.8) is 0 Å². The van der Waals surface area contributed by atoms with Crippen molar-refractivity contribution in [3.8, 4) is 0 Å². The predicted molar refractivity (Wildman–Crippen MR) is 63.2 cm³/mol. The summed E-state index contributed by atoms with van der Waals surface area (Å²) in [6, 6.07) is 0. The molecule has 6 nitrogen and oxygen atoms in total. The molecule has 0 N–H and O–H groups in total. The zero-order valence-corrected chi connectivity index (χ0v) is 11.6. The molecule has 0 saturated carbocycles. The molecule has 0 unspecified atom stereocenters. The Morgan fingerprint density at radius 3 is 2.32 bits per heavy atom. The quantitative estimate of drug-likeness (QED) is 0.694. The van der Waals surface area contributed by atoms with E-state index in [2.05, 4.69) is 0 Å². The highest BCUT2D eigenvalue weighted by molar-refractivity contribution is 5.57. The molecule has 0 aromatic rings. The Hall–Kier alpha value is -0.530. The van der Waals surface area contributed by atoms with E-state index in [1.54, 1.807) is 0 Å². The van der Waals surface area contributed by atoms with Gasteiger partial charge in [0.25, 0.3) is 0 Å². The minimum atomic E-state index is -0.714. The Kier molecular flexibility index (Phi) is 3.00. The lowest BCUT2D eigenvalue weighted by atomic mass is 9.96. The average Bonchev–Trinajstić information content (AvgIpc) is 2.87. The van der Waals surface area contributed by atoms with Gasteiger partial charge in [-0.25, -0.2) is 0 Å². The zero-order chi connectivity index (χ0) is 13.8. The van der Waals surface area contributed by atoms with Gasteiger partial charge in [0, 0.05) is 0 Å². The van der Waals surface area contributed by atoms with Gasteiger partial charge in [-0.15, -0.1) is 0 Å². The summed E-state index contributed by atoms with van der Waals surface area (Å²) in [5, 5.41) is 0. The molecular formula is C13H20O6. The summed E-state index contributed by atoms with van der Waals surface area (Å²) in [6.45, 7) is 7.71. The van der Waals surface area contributed by atoms with Gasteiger partial charge in [0.1, 0.15) is 24.6 Å². The molecule has 0 bridgehead atoms. The van der Waals surface area contributed by atoms with E-state index in [0.29, 0.717) is 6.61 Å². The molecule has 5 atom stereocenters. The van der Waals surface area contributed by atoms with Crippen molar-refractivity contribution in [3.05, 3.63) is 0 Å². The fourth-order valence-corrected chi connectivity index (χ4v) is 2.92. The largest absolute Gasteiger partial charge is 0.348 e. The average molecular weight is 272 g/mol. The molecule has 0 radical (unpaired) electrons. The van der Waals surface area contributed by atoms with E-state index in [4.69, 9.17) is 23.7 Å². The summed E-state index contributed by atoms with van der Waals surface area (Å²) < 4.78 is 28.5. The molecule has 3 rings (SSSR count). The van der Waals surface area contributed by atoms with Crippen LogP contribution in [0.25, 0.3) is 0 Å². The maximum atomic E-state index is 11.4. The standard InChI is InChI=1S/C13H20O6/c1-12(2)15-6-8(17-12)9-7(5-14)10-11(16-9)19-13(3,4)18-10/h5,7-11H,6H2,1-4H3/t7-,8-,9+,10-,11-/m1/s1. The predicted octanol–water partition coefficient (Wildman–Crippen LogP) is 0.829. The summed E-state index contributed by atoms with van der Waals surface area (Å²) in [6.07, 6.45) is -0.668. The molecule has 3 heterocycles. The molecule has 3 aliphatic rings. The van der Waals surface area contributed by atoms with E-state index in [9.17, 15) is 4.79 Å². The molecule has 0 amide bonds. The second-order valence-corrected chi connectivity index (χ2v) is 6.15. The van der Waals surface area contributed by atoms with Gasteiger partial charge < -0.3 is 28.5 Å². The van der Waals surface area contributed by atoms with Gasteiger partial charge >= 0.3 is 0 Å². The summed E-state index contributed by atoms with van der Waals surface area (Å²) in [5.74, 6) is -1.75. The molecule has 3 aliphatic heterocycles. The van der Waals surface area contributed by atoms with Crippen molar-refractivity contribution < 1.29 is 28.5 Å². The number of fused-ring (bicyclic) bond motifs is 1. The molecule has 3 fully saturated rings. The van der Waals surface area contributed by atoms with Crippen LogP contribution in [0, 0.1) is 5.92 Å². The van der Waals surface area contributed by atoms with Crippen molar-refractivity contribution in [2.75, 3.05) is 6.61 Å². The third kappa shape index (κ3) is 2.32. The van der Waals surface area contributed by atoms with Crippen molar-refractivity contribution >= 4 is 6.29 Å². The SMILES string of the molecule is CC1(C)O[C@H]2O[C@H]([C@H]3COC(C)(C)O3)[C@@H](C=O)[C@H]2O1. The maximum Gasteiger partial charge on any atom is 0.188 e. The van der Waals surface area contributed by atoms with E-state index in [-0.39, 0.29) is 18.3 Å². The van der Waals surface area contributed by atoms with Gasteiger partial charge in [-0.05, 0) is 27.7 Å². The first-order chi connectivity index (χ1) is 8.81. The Bertz CT molecular complexity index is 379. The minimum Gasteiger partial charge on any atom is -0.348 e. The van der Waals surface area contributed by atoms with Gasteiger partial charge in [0.15, 0.2) is 17.9 Å². The van der Waals surface area contributed by atoms with Gasteiger partial charge in [-0.1, -0.05) is 0 Å². The lowest BCUT2D eigenvalue weighted by Crippen LogP contribution is -2.39. The van der Waals surface area contributed by atoms with Crippen LogP contribution in [0.2, 0.25) is 0 Å². The summed E-state index contributed by atoms with van der Waals surface area (Å²) >= 11 is 0. The topological polar surface area (TPSA) is 63.2 Å². The first kappa shape index (κ1) is 13.5. The molecule has 108 valence electrons. The van der Waals surface area contributed by atoms with E-state index in [1.165, 1.54) is 0 Å². The molecule has 3 saturated heterocycles. The normalized spacial score (nSPS) is 47.3. The highest BCUT2D eigenvalue weighted by Crippen LogP contribution is 2.42. The fraction of sp³-hybridized carbons (Fsp3) is 0.923. The second kappa shape index (κ2) is 4.23. The number of carbonyl (C=O) groups is 1. The summed E-state index contributed by atoms with van der Waals surface area (Å²) in [5.41, 5.74) is 0. The first-order valence-corrected chi connectivity index (χ1v) is 6.59. The van der Waals surface area contributed by atoms with Crippen LogP contribution in [-0.2, 0) is 28.5 Å². The number of ether oxygens (including phenoxy) is 5. The Labute approximate surface area is 112 Å². The molecule has 19 heavy (non-hydrogen) atoms. The fourth-order valence-electron chi connectivity index (χ4n) is 2.92. The van der Waals surface area contributed by atoms with Crippen molar-refractivity contribution in [2.45, 2.75) is 63.9 Å². The highest BCUT2D eigenvalue weighted by atomic mass is 16.8. The molecule has 0 spiro atoms. The molecule has 6 heteroatoms. The smallest absolute Gasteiger partial charge is 0.188 e. The van der Waals surface area contributed by atoms with Gasteiger partial charge in [-0.3, -0.25) is 0 Å². The van der Waals surface area contributed by atoms with E-state index in [0.717, 1.165) is 6.29 Å². The van der Waals surface area contributed by atoms with Crippen LogP contribution in [0.5, 0.6) is 0 Å². The summed E-state index contributed by atoms with van der Waals surface area (Å²) in [4.78, 5) is 11.4. The van der Waals surface area contributed by atoms with E-state index >= 15 is 0 Å². The lowest BCUT2D eigenvalue weighted by Gasteiger charge is -2.26. The molecular weight excluding hydrogens is 252 g/mol. The van der Waals surface area contributed by atoms with Crippen molar-refractivity contribution in [2.24, 2.45) is 5.92 Å². The molecule has 0 aromatic carbocycles. The second-order valence-electron chi connectivity index (χ2n) is 6.15. The number of rotatable bonds is 2. The molecule has 0 aliphatic carbocycles. The van der Waals surface area contributed by atoms with Gasteiger partial charge in [0.2, 0.25) is 0 Å². The maximum absolute atomic E-state index is 11.4. The number of aldehydes is 1. The van der Waals surface area contributed by atoms with E-state index in [1.807, 2.05) is 27.7 Å². The Morgan fingerprint density at radius 2 is 1.74 bits per heavy atom. The van der Waals surface area contributed by atoms with Crippen LogP contribution in [0.4, 0.5) is 0 Å². The summed E-state index contributed by atoms with van der Waals surface area (Å²) in [7, 11) is 0. The van der Waals surface area contributed by atoms with Gasteiger partial charge in [-0.2, -0.15) is 0 Å². The van der Waals surface area contributed by atoms with Crippen molar-refractivity contribution in [1.82, 2.24) is 0 Å². The van der Waals surface area contributed by atoms with Crippen LogP contribution >= 0.6 is 0 Å². The lowest BCUT2D eigenvalue weighted by molar-refractivity contribution is -0.225. The Morgan fingerprint density at radius 1 is 1.00 bits per heavy atom.